The zero-order chi connectivity index (χ0) is 80.8. The molecular weight excluding hydrogens is 1440 g/mol. The van der Waals surface area contributed by atoms with Gasteiger partial charge < -0.3 is 18.3 Å². The molecule has 4 aromatic heterocycles. The second-order valence-corrected chi connectivity index (χ2v) is 37.8. The number of hydrogen-bond donors (Lipinski definition) is 0. The molecule has 0 saturated carbocycles. The first-order chi connectivity index (χ1) is 58.3. The third-order valence-electron chi connectivity index (χ3n) is 30.3. The first-order valence-corrected chi connectivity index (χ1v) is 43.4. The predicted molar refractivity (Wildman–Crippen MR) is 515 cm³/mol. The maximum atomic E-state index is 2.53. The van der Waals surface area contributed by atoms with Crippen LogP contribution in [0.15, 0.2) is 315 Å². The summed E-state index contributed by atoms with van der Waals surface area (Å²) in [5.74, 6) is 0. The second-order valence-electron chi connectivity index (χ2n) is 37.8. The zero-order valence-corrected chi connectivity index (χ0v) is 70.1. The molecule has 0 N–H and O–H groups in total. The standard InChI is InChI=1S/4C28H22BN/c1-17-15-19-18-9-4-7-13-24(18)30-25-14-8-11-21-26(25)29(23(16-17)27(19)30)22-12-6-5-10-20(22)28(21,2)3;1-17-15-16-19-18-9-4-7-13-23(18)30-24-14-8-11-21-26(24)29(25(17)27(19)30)22-12-6-5-10-20(22)28(21,2)3;1-17-15-16-22-27-25(17)18-9-4-7-13-23(18)30(27)24-14-8-11-20-26(24)29(22)21-12-6-5-10-19(21)28(20,2)3;1-17-9-6-12-20-25(17)29-22-14-7-11-19-18-10-4-5-15-23(18)30(27(19)22)24-16-8-13-21(26(24)29)28(20,2)3/h4*4-16H,1-3H3. The molecule has 0 aliphatic carbocycles. The predicted octanol–water partition coefficient (Wildman–Crippen LogP) is 18.2. The van der Waals surface area contributed by atoms with Crippen LogP contribution >= 0.6 is 0 Å². The maximum Gasteiger partial charge on any atom is 0.247 e. The highest BCUT2D eigenvalue weighted by atomic mass is 15.0. The van der Waals surface area contributed by atoms with E-state index in [-0.39, 0.29) is 21.7 Å². The third-order valence-corrected chi connectivity index (χ3v) is 30.3. The van der Waals surface area contributed by atoms with Crippen molar-refractivity contribution in [2.24, 2.45) is 0 Å². The van der Waals surface area contributed by atoms with Crippen LogP contribution < -0.4 is 65.6 Å². The Balaban J connectivity index is 0.0000000886. The molecule has 0 radical (unpaired) electrons. The summed E-state index contributed by atoms with van der Waals surface area (Å²) in [5, 5.41) is 10.9. The van der Waals surface area contributed by atoms with Gasteiger partial charge in [-0.25, -0.2) is 0 Å². The number of fused-ring (bicyclic) bond motifs is 28. The highest BCUT2D eigenvalue weighted by Gasteiger charge is 2.50. The molecule has 0 spiro atoms. The number of rotatable bonds is 0. The summed E-state index contributed by atoms with van der Waals surface area (Å²) in [4.78, 5) is 0. The first-order valence-electron chi connectivity index (χ1n) is 43.4. The Morgan fingerprint density at radius 3 is 1.03 bits per heavy atom. The number of hydrogen-bond acceptors (Lipinski definition) is 0. The molecule has 0 fully saturated rings. The Kier molecular flexibility index (Phi) is 14.2. The molecule has 28 rings (SSSR count). The van der Waals surface area contributed by atoms with E-state index in [1.165, 1.54) is 242 Å². The van der Waals surface area contributed by atoms with E-state index in [0.29, 0.717) is 26.9 Å². The Morgan fingerprint density at radius 2 is 0.517 bits per heavy atom. The summed E-state index contributed by atoms with van der Waals surface area (Å²) in [5.41, 5.74) is 50.9. The number of aromatic nitrogens is 4. The van der Waals surface area contributed by atoms with Crippen LogP contribution in [0.4, 0.5) is 0 Å². The monoisotopic (exact) mass is 1530 g/mol. The van der Waals surface area contributed by atoms with Crippen LogP contribution in [0.5, 0.6) is 0 Å². The van der Waals surface area contributed by atoms with Gasteiger partial charge in [0.25, 0.3) is 0 Å². The van der Waals surface area contributed by atoms with Crippen LogP contribution in [-0.2, 0) is 21.7 Å². The van der Waals surface area contributed by atoms with Gasteiger partial charge in [0, 0.05) is 110 Å². The van der Waals surface area contributed by atoms with Gasteiger partial charge in [0.05, 0.1) is 22.1 Å². The van der Waals surface area contributed by atoms with Gasteiger partial charge in [-0.3, -0.25) is 0 Å². The molecule has 16 aromatic carbocycles. The van der Waals surface area contributed by atoms with Crippen molar-refractivity contribution in [3.8, 4) is 22.7 Å². The van der Waals surface area contributed by atoms with Crippen LogP contribution in [0, 0.1) is 27.7 Å². The van der Waals surface area contributed by atoms with Gasteiger partial charge >= 0.3 is 0 Å². The van der Waals surface area contributed by atoms with Crippen LogP contribution in [0.25, 0.3) is 110 Å². The Labute approximate surface area is 702 Å². The lowest BCUT2D eigenvalue weighted by Crippen LogP contribution is -2.64. The van der Waals surface area contributed by atoms with Crippen LogP contribution in [0.1, 0.15) is 122 Å². The average molecular weight is 1530 g/mol. The molecule has 0 saturated heterocycles. The summed E-state index contributed by atoms with van der Waals surface area (Å²) >= 11 is 0. The summed E-state index contributed by atoms with van der Waals surface area (Å²) in [7, 11) is 0. The summed E-state index contributed by atoms with van der Waals surface area (Å²) in [6.07, 6.45) is 0. The average Bonchev–Trinajstić information content (AvgIpc) is 1.55. The van der Waals surface area contributed by atoms with E-state index in [1.54, 1.807) is 0 Å². The summed E-state index contributed by atoms with van der Waals surface area (Å²) in [6.45, 7) is 29.3. The lowest BCUT2D eigenvalue weighted by Gasteiger charge is -2.42. The van der Waals surface area contributed by atoms with E-state index in [0.717, 1.165) is 0 Å². The van der Waals surface area contributed by atoms with Crippen molar-refractivity contribution < 1.29 is 0 Å². The van der Waals surface area contributed by atoms with E-state index in [9.17, 15) is 0 Å². The van der Waals surface area contributed by atoms with Gasteiger partial charge in [0.1, 0.15) is 0 Å². The molecule has 8 heteroatoms. The zero-order valence-electron chi connectivity index (χ0n) is 70.1. The number of aryl methyl sites for hydroxylation is 4. The second kappa shape index (κ2) is 24.4. The fourth-order valence-electron chi connectivity index (χ4n) is 25.2. The lowest BCUT2D eigenvalue weighted by atomic mass is 9.30. The fraction of sp³-hybridized carbons (Fsp3) is 0.143. The van der Waals surface area contributed by atoms with Crippen molar-refractivity contribution in [2.75, 3.05) is 0 Å². The normalized spacial score (nSPS) is 15.4. The Bertz CT molecular complexity index is 7990. The van der Waals surface area contributed by atoms with Crippen molar-refractivity contribution in [3.05, 3.63) is 382 Å². The van der Waals surface area contributed by atoms with Crippen molar-refractivity contribution in [1.82, 2.24) is 18.3 Å². The molecule has 8 aliphatic heterocycles. The fourth-order valence-corrected chi connectivity index (χ4v) is 25.2. The molecule has 120 heavy (non-hydrogen) atoms. The maximum absolute atomic E-state index is 2.53. The van der Waals surface area contributed by atoms with Crippen molar-refractivity contribution >= 4 is 180 Å². The molecule has 0 bridgehead atoms. The molecule has 4 nitrogen and oxygen atoms in total. The summed E-state index contributed by atoms with van der Waals surface area (Å²) < 4.78 is 10.1. The Morgan fingerprint density at radius 1 is 0.200 bits per heavy atom. The minimum absolute atomic E-state index is 0.0112. The number of benzene rings is 16. The molecule has 0 unspecified atom stereocenters. The van der Waals surface area contributed by atoms with Crippen LogP contribution in [-0.4, -0.2) is 45.1 Å². The van der Waals surface area contributed by atoms with E-state index in [4.69, 9.17) is 0 Å². The van der Waals surface area contributed by atoms with Gasteiger partial charge in [0.15, 0.2) is 0 Å². The van der Waals surface area contributed by atoms with Gasteiger partial charge in [-0.1, -0.05) is 355 Å². The lowest BCUT2D eigenvalue weighted by molar-refractivity contribution is 0.645. The van der Waals surface area contributed by atoms with Crippen molar-refractivity contribution in [2.45, 2.75) is 105 Å². The van der Waals surface area contributed by atoms with Crippen molar-refractivity contribution in [1.29, 1.82) is 0 Å². The summed E-state index contributed by atoms with van der Waals surface area (Å²) in [6, 6.07) is 118. The molecule has 568 valence electrons. The third kappa shape index (κ3) is 8.86. The SMILES string of the molecule is Cc1cc2c3c(c1)c1ccccc1n3-c1cccc3c1B2c1ccccc1C3(C)C.Cc1ccc2c3c1c1ccccc1n3-c1cccc3c1B2c1ccccc1C3(C)C.Cc1ccc2c3ccccc3n3c2c1B1c2ccccc2C(C)(C)c2cccc-3c21.Cc1cccc2c1B1c3c(cccc3C2(C)C)-n2c3ccccc3c3cccc1c32. The molecule has 12 heterocycles. The Hall–Kier alpha value is -13.0. The van der Waals surface area contributed by atoms with E-state index < -0.39 is 0 Å². The molecule has 0 atom stereocenters. The van der Waals surface area contributed by atoms with Crippen molar-refractivity contribution in [3.63, 3.8) is 0 Å². The molecule has 20 aromatic rings. The van der Waals surface area contributed by atoms with Gasteiger partial charge in [-0.2, -0.15) is 0 Å². The first kappa shape index (κ1) is 70.0. The highest BCUT2D eigenvalue weighted by Crippen LogP contribution is 2.47. The minimum atomic E-state index is -0.0163. The highest BCUT2D eigenvalue weighted by molar-refractivity contribution is 7.01. The van der Waals surface area contributed by atoms with Crippen LogP contribution in [0.2, 0.25) is 0 Å². The van der Waals surface area contributed by atoms with E-state index >= 15 is 0 Å². The minimum Gasteiger partial charge on any atom is -0.310 e. The van der Waals surface area contributed by atoms with Gasteiger partial charge in [0.2, 0.25) is 26.9 Å². The van der Waals surface area contributed by atoms with E-state index in [2.05, 4.69) is 417 Å². The molecular formula is C112H88B4N4. The van der Waals surface area contributed by atoms with E-state index in [1.807, 2.05) is 0 Å². The number of nitrogens with zero attached hydrogens (tertiary/aromatic N) is 4. The molecule has 0 amide bonds. The van der Waals surface area contributed by atoms with Gasteiger partial charge in [-0.05, 0) is 176 Å². The smallest absolute Gasteiger partial charge is 0.247 e. The topological polar surface area (TPSA) is 19.7 Å². The quantitative estimate of drug-likeness (QED) is 0.135. The molecule has 8 aliphatic rings. The largest absolute Gasteiger partial charge is 0.310 e. The van der Waals surface area contributed by atoms with Crippen LogP contribution in [0.3, 0.4) is 0 Å². The van der Waals surface area contributed by atoms with Gasteiger partial charge in [-0.15, -0.1) is 0 Å². The number of para-hydroxylation sites is 5.